The lowest BCUT2D eigenvalue weighted by molar-refractivity contribution is -0.112. The first-order valence-electron chi connectivity index (χ1n) is 11.7. The number of aryl methyl sites for hydroxylation is 1. The number of nitrogens with zero attached hydrogens (tertiary/aromatic N) is 3. The number of halogens is 1. The van der Waals surface area contributed by atoms with E-state index in [1.807, 2.05) is 73.8 Å². The van der Waals surface area contributed by atoms with E-state index in [2.05, 4.69) is 33.1 Å². The maximum Gasteiger partial charge on any atom is 0.268 e. The van der Waals surface area contributed by atoms with Crippen molar-refractivity contribution in [1.82, 2.24) is 9.55 Å². The number of amides is 1. The number of fused-ring (bicyclic) bond motifs is 1. The fourth-order valence-electron chi connectivity index (χ4n) is 4.16. The molecule has 0 spiro atoms. The number of benzene rings is 3. The van der Waals surface area contributed by atoms with Crippen molar-refractivity contribution in [1.29, 1.82) is 5.26 Å². The Morgan fingerprint density at radius 3 is 2.68 bits per heavy atom. The van der Waals surface area contributed by atoms with Crippen LogP contribution in [0.3, 0.4) is 0 Å². The first-order chi connectivity index (χ1) is 18.0. The number of para-hydroxylation sites is 1. The first-order valence-corrected chi connectivity index (χ1v) is 12.9. The van der Waals surface area contributed by atoms with E-state index in [1.165, 1.54) is 16.9 Å². The van der Waals surface area contributed by atoms with E-state index in [1.54, 1.807) is 12.3 Å². The third kappa shape index (κ3) is 5.64. The summed E-state index contributed by atoms with van der Waals surface area (Å²) in [5.74, 6) is -0.485. The number of carbonyl (C=O) groups is 1. The highest BCUT2D eigenvalue weighted by Crippen LogP contribution is 2.26. The lowest BCUT2D eigenvalue weighted by Gasteiger charge is -2.05. The van der Waals surface area contributed by atoms with Crippen LogP contribution in [-0.4, -0.2) is 15.5 Å². The summed E-state index contributed by atoms with van der Waals surface area (Å²) in [6, 6.07) is 26.2. The number of nitriles is 1. The molecule has 5 rings (SSSR count). The van der Waals surface area contributed by atoms with Crippen molar-refractivity contribution >= 4 is 51.0 Å². The molecule has 0 aliphatic carbocycles. The van der Waals surface area contributed by atoms with Crippen LogP contribution >= 0.6 is 22.9 Å². The highest BCUT2D eigenvalue weighted by molar-refractivity contribution is 7.15. The van der Waals surface area contributed by atoms with E-state index in [-0.39, 0.29) is 5.57 Å². The monoisotopic (exact) mass is 522 g/mol. The fourth-order valence-corrected chi connectivity index (χ4v) is 5.21. The summed E-state index contributed by atoms with van der Waals surface area (Å²) in [6.45, 7) is 2.66. The van der Waals surface area contributed by atoms with E-state index in [9.17, 15) is 10.1 Å². The van der Waals surface area contributed by atoms with Gasteiger partial charge < -0.3 is 4.57 Å². The van der Waals surface area contributed by atoms with Gasteiger partial charge in [0, 0.05) is 51.7 Å². The molecule has 182 valence electrons. The zero-order chi connectivity index (χ0) is 25.8. The Balaban J connectivity index is 1.35. The molecule has 0 aliphatic heterocycles. The minimum atomic E-state index is -0.485. The molecule has 37 heavy (non-hydrogen) atoms. The van der Waals surface area contributed by atoms with Crippen molar-refractivity contribution in [3.8, 4) is 6.07 Å². The molecule has 0 saturated carbocycles. The molecular weight excluding hydrogens is 500 g/mol. The lowest BCUT2D eigenvalue weighted by atomic mass is 10.1. The molecule has 7 heteroatoms. The second-order valence-electron chi connectivity index (χ2n) is 8.73. The SMILES string of the molecule is Cc1ccc(Cc2cnc(NC(=O)/C(C#N)=C/c3cn(Cc4ccccc4)c4ccccc34)s2)cc1Cl. The van der Waals surface area contributed by atoms with Crippen LogP contribution in [0, 0.1) is 18.3 Å². The summed E-state index contributed by atoms with van der Waals surface area (Å²) in [7, 11) is 0. The number of aromatic nitrogens is 2. The zero-order valence-corrected chi connectivity index (χ0v) is 21.7. The highest BCUT2D eigenvalue weighted by atomic mass is 35.5. The summed E-state index contributed by atoms with van der Waals surface area (Å²) in [6.07, 6.45) is 6.02. The summed E-state index contributed by atoms with van der Waals surface area (Å²) in [5, 5.41) is 14.7. The molecular formula is C30H23ClN4OS. The quantitative estimate of drug-likeness (QED) is 0.181. The Bertz CT molecular complexity index is 1660. The maximum atomic E-state index is 13.0. The number of thiazole rings is 1. The van der Waals surface area contributed by atoms with E-state index in [0.717, 1.165) is 37.5 Å². The van der Waals surface area contributed by atoms with E-state index in [4.69, 9.17) is 11.6 Å². The predicted molar refractivity (Wildman–Crippen MR) is 151 cm³/mol. The Hall–Kier alpha value is -4.18. The fraction of sp³-hybridized carbons (Fsp3) is 0.100. The molecule has 2 heterocycles. The molecule has 0 atom stereocenters. The van der Waals surface area contributed by atoms with Gasteiger partial charge in [-0.2, -0.15) is 5.26 Å². The van der Waals surface area contributed by atoms with Gasteiger partial charge >= 0.3 is 0 Å². The van der Waals surface area contributed by atoms with E-state index in [0.29, 0.717) is 18.1 Å². The highest BCUT2D eigenvalue weighted by Gasteiger charge is 2.15. The maximum absolute atomic E-state index is 13.0. The molecule has 1 amide bonds. The van der Waals surface area contributed by atoms with Gasteiger partial charge in [-0.15, -0.1) is 11.3 Å². The van der Waals surface area contributed by atoms with Crippen LogP contribution in [0.4, 0.5) is 5.13 Å². The van der Waals surface area contributed by atoms with Gasteiger partial charge in [0.05, 0.1) is 0 Å². The second kappa shape index (κ2) is 10.8. The number of rotatable bonds is 7. The molecule has 0 saturated heterocycles. The Morgan fingerprint density at radius 1 is 1.11 bits per heavy atom. The van der Waals surface area contributed by atoms with Crippen molar-refractivity contribution in [3.63, 3.8) is 0 Å². The van der Waals surface area contributed by atoms with Crippen LogP contribution in [0.5, 0.6) is 0 Å². The Morgan fingerprint density at radius 2 is 1.89 bits per heavy atom. The number of hydrogen-bond acceptors (Lipinski definition) is 4. The lowest BCUT2D eigenvalue weighted by Crippen LogP contribution is -2.13. The standard InChI is InChI=1S/C30H23ClN4OS/c1-20-11-12-22(14-27(20)31)13-25-17-33-30(37-25)34-29(36)23(16-32)15-24-19-35(18-21-7-3-2-4-8-21)28-10-6-5-9-26(24)28/h2-12,14-15,17,19H,13,18H2,1H3,(H,33,34,36)/b23-15+. The minimum Gasteiger partial charge on any atom is -0.342 e. The molecule has 0 unspecified atom stereocenters. The summed E-state index contributed by atoms with van der Waals surface area (Å²) < 4.78 is 2.13. The Labute approximate surface area is 224 Å². The smallest absolute Gasteiger partial charge is 0.268 e. The third-order valence-corrected chi connectivity index (χ3v) is 7.39. The molecule has 5 nitrogen and oxygen atoms in total. The average molecular weight is 523 g/mol. The van der Waals surface area contributed by atoms with E-state index >= 15 is 0 Å². The third-order valence-electron chi connectivity index (χ3n) is 6.07. The van der Waals surface area contributed by atoms with Crippen molar-refractivity contribution < 1.29 is 4.79 Å². The van der Waals surface area contributed by atoms with Gasteiger partial charge in [-0.1, -0.05) is 72.3 Å². The van der Waals surface area contributed by atoms with Crippen molar-refractivity contribution in [2.45, 2.75) is 19.9 Å². The molecule has 1 N–H and O–H groups in total. The summed E-state index contributed by atoms with van der Waals surface area (Å²) >= 11 is 7.62. The van der Waals surface area contributed by atoms with Crippen LogP contribution in [-0.2, 0) is 17.8 Å². The van der Waals surface area contributed by atoms with Crippen molar-refractivity contribution in [2.24, 2.45) is 0 Å². The molecule has 0 fully saturated rings. The van der Waals surface area contributed by atoms with Gasteiger partial charge in [0.2, 0.25) is 0 Å². The van der Waals surface area contributed by atoms with Crippen molar-refractivity contribution in [2.75, 3.05) is 5.32 Å². The number of anilines is 1. The Kier molecular flexibility index (Phi) is 7.18. The predicted octanol–water partition coefficient (Wildman–Crippen LogP) is 7.24. The normalized spacial score (nSPS) is 11.4. The van der Waals surface area contributed by atoms with Gasteiger partial charge in [0.25, 0.3) is 5.91 Å². The van der Waals surface area contributed by atoms with Crippen LogP contribution < -0.4 is 5.32 Å². The minimum absolute atomic E-state index is 0.0182. The van der Waals surface area contributed by atoms with E-state index < -0.39 is 5.91 Å². The van der Waals surface area contributed by atoms with Crippen molar-refractivity contribution in [3.05, 3.63) is 123 Å². The number of hydrogen-bond donors (Lipinski definition) is 1. The topological polar surface area (TPSA) is 70.7 Å². The largest absolute Gasteiger partial charge is 0.342 e. The van der Waals surface area contributed by atoms with Gasteiger partial charge in [0.15, 0.2) is 5.13 Å². The van der Waals surface area contributed by atoms with Crippen LogP contribution in [0.1, 0.15) is 27.1 Å². The van der Waals surface area contributed by atoms with Crippen LogP contribution in [0.15, 0.2) is 90.8 Å². The number of carbonyl (C=O) groups excluding carboxylic acids is 1. The van der Waals surface area contributed by atoms with Gasteiger partial charge in [-0.25, -0.2) is 4.98 Å². The molecule has 0 radical (unpaired) electrons. The molecule has 2 aromatic heterocycles. The number of nitrogens with one attached hydrogen (secondary N) is 1. The van der Waals surface area contributed by atoms with Crippen LogP contribution in [0.2, 0.25) is 5.02 Å². The van der Waals surface area contributed by atoms with Crippen LogP contribution in [0.25, 0.3) is 17.0 Å². The van der Waals surface area contributed by atoms with Gasteiger partial charge in [-0.05, 0) is 41.8 Å². The zero-order valence-electron chi connectivity index (χ0n) is 20.1. The summed E-state index contributed by atoms with van der Waals surface area (Å²) in [5.41, 5.74) is 5.14. The van der Waals surface area contributed by atoms with Gasteiger partial charge in [-0.3, -0.25) is 10.1 Å². The molecule has 5 aromatic rings. The average Bonchev–Trinajstić information content (AvgIpc) is 3.49. The molecule has 0 bridgehead atoms. The first kappa shape index (κ1) is 24.5. The second-order valence-corrected chi connectivity index (χ2v) is 10.3. The summed E-state index contributed by atoms with van der Waals surface area (Å²) in [4.78, 5) is 18.3. The van der Waals surface area contributed by atoms with Gasteiger partial charge in [0.1, 0.15) is 11.6 Å². The molecule has 0 aliphatic rings. The molecule has 3 aromatic carbocycles.